The third-order valence-electron chi connectivity index (χ3n) is 10.8. The molecular weight excluding hydrogens is 824 g/mol. The van der Waals surface area contributed by atoms with Gasteiger partial charge in [-0.05, 0) is 25.8 Å². The fourth-order valence-corrected chi connectivity index (χ4v) is 8.75. The second-order valence-electron chi connectivity index (χ2n) is 16.3. The molecule has 0 amide bonds. The van der Waals surface area contributed by atoms with E-state index in [-0.39, 0.29) is 12.8 Å². The highest BCUT2D eigenvalue weighted by Gasteiger charge is 2.54. The quantitative estimate of drug-likeness (QED) is 0.0179. The van der Waals surface area contributed by atoms with Gasteiger partial charge in [-0.3, -0.25) is 23.2 Å². The molecule has 8 atom stereocenters. The van der Waals surface area contributed by atoms with Crippen LogP contribution in [0.2, 0.25) is 0 Å². The zero-order valence-corrected chi connectivity index (χ0v) is 38.0. The molecule has 1 fully saturated rings. The fraction of sp³-hybridized carbons (Fsp3) is 0.951. The monoisotopic (exact) mass is 906 g/mol. The smallest absolute Gasteiger partial charge is 0.462 e. The van der Waals surface area contributed by atoms with Crippen molar-refractivity contribution in [3.8, 4) is 0 Å². The molecule has 17 nitrogen and oxygen atoms in total. The van der Waals surface area contributed by atoms with Crippen LogP contribution in [0.5, 0.6) is 0 Å². The van der Waals surface area contributed by atoms with Gasteiger partial charge in [0.25, 0.3) is 0 Å². The Balaban J connectivity index is 2.58. The van der Waals surface area contributed by atoms with E-state index in [1.165, 1.54) is 96.3 Å². The van der Waals surface area contributed by atoms with Crippen LogP contribution in [0.4, 0.5) is 0 Å². The predicted octanol–water partition coefficient (Wildman–Crippen LogP) is 6.78. The standard InChI is InChI=1S/C41H81NO16P2/c1-2-3-4-5-6-7-8-10-14-17-20-23-26-29-35(44)56-33(31-54-34(43)28-25-22-19-16-13-11-9-12-15-18-21-24-27-30-42)32-55-60(52,53)58-41-38(47)36(45)40(37(46)39(41)48)57-59(49,50)51/h33,36-41,45-48H,2-32,42H2,1H3,(H,52,53)(H2,49,50,51)/t33-,36-,37+,38?,39-,40?,41?/m1/s1. The minimum absolute atomic E-state index is 0.0544. The number of esters is 2. The number of rotatable bonds is 39. The summed E-state index contributed by atoms with van der Waals surface area (Å²) >= 11 is 0. The zero-order chi connectivity index (χ0) is 44.7. The third-order valence-corrected chi connectivity index (χ3v) is 12.3. The van der Waals surface area contributed by atoms with Crippen molar-refractivity contribution >= 4 is 27.6 Å². The first-order valence-electron chi connectivity index (χ1n) is 22.8. The van der Waals surface area contributed by atoms with Crippen LogP contribution in [0.15, 0.2) is 0 Å². The Labute approximate surface area is 358 Å². The highest BCUT2D eigenvalue weighted by Crippen LogP contribution is 2.48. The first-order valence-corrected chi connectivity index (χ1v) is 25.8. The van der Waals surface area contributed by atoms with Crippen LogP contribution in [-0.4, -0.2) is 110 Å². The Morgan fingerprint density at radius 3 is 1.25 bits per heavy atom. The largest absolute Gasteiger partial charge is 0.472 e. The molecule has 356 valence electrons. The number of aliphatic hydroxyl groups is 4. The van der Waals surface area contributed by atoms with Crippen molar-refractivity contribution in [3.63, 3.8) is 0 Å². The molecule has 0 radical (unpaired) electrons. The van der Waals surface area contributed by atoms with E-state index in [0.717, 1.165) is 64.3 Å². The average molecular weight is 906 g/mol. The minimum atomic E-state index is -5.30. The first-order chi connectivity index (χ1) is 28.6. The molecular formula is C41H81NO16P2. The van der Waals surface area contributed by atoms with Gasteiger partial charge in [-0.25, -0.2) is 9.13 Å². The number of hydrogen-bond acceptors (Lipinski definition) is 14. The number of ether oxygens (including phenoxy) is 2. The van der Waals surface area contributed by atoms with Crippen molar-refractivity contribution in [1.29, 1.82) is 0 Å². The van der Waals surface area contributed by atoms with Crippen LogP contribution in [0.1, 0.15) is 187 Å². The number of carbonyl (C=O) groups excluding carboxylic acids is 2. The van der Waals surface area contributed by atoms with Crippen LogP contribution >= 0.6 is 15.6 Å². The van der Waals surface area contributed by atoms with Crippen molar-refractivity contribution in [2.45, 2.75) is 229 Å². The average Bonchev–Trinajstić information content (AvgIpc) is 3.20. The second-order valence-corrected chi connectivity index (χ2v) is 18.9. The molecule has 0 aromatic rings. The zero-order valence-electron chi connectivity index (χ0n) is 36.2. The van der Waals surface area contributed by atoms with Gasteiger partial charge in [0.2, 0.25) is 0 Å². The molecule has 1 rings (SSSR count). The number of nitrogens with two attached hydrogens (primary N) is 1. The van der Waals surface area contributed by atoms with E-state index in [4.69, 9.17) is 34.0 Å². The van der Waals surface area contributed by atoms with Crippen LogP contribution < -0.4 is 5.73 Å². The van der Waals surface area contributed by atoms with E-state index in [9.17, 15) is 44.0 Å². The maximum absolute atomic E-state index is 12.9. The maximum Gasteiger partial charge on any atom is 0.472 e. The Hall–Kier alpha value is -1.04. The summed E-state index contributed by atoms with van der Waals surface area (Å²) in [6.07, 6.45) is 14.5. The molecule has 19 heteroatoms. The molecule has 1 saturated carbocycles. The van der Waals surface area contributed by atoms with Gasteiger partial charge < -0.3 is 50.3 Å². The summed E-state index contributed by atoms with van der Waals surface area (Å²) < 4.78 is 49.1. The van der Waals surface area contributed by atoms with Gasteiger partial charge in [-0.1, -0.05) is 155 Å². The van der Waals surface area contributed by atoms with Crippen LogP contribution in [-0.2, 0) is 41.8 Å². The van der Waals surface area contributed by atoms with Crippen molar-refractivity contribution < 1.29 is 76.9 Å². The van der Waals surface area contributed by atoms with Gasteiger partial charge in [0, 0.05) is 12.8 Å². The minimum Gasteiger partial charge on any atom is -0.462 e. The number of carbonyl (C=O) groups is 2. The van der Waals surface area contributed by atoms with E-state index < -0.39 is 83.5 Å². The van der Waals surface area contributed by atoms with Crippen LogP contribution in [0.25, 0.3) is 0 Å². The lowest BCUT2D eigenvalue weighted by atomic mass is 9.85. The molecule has 0 heterocycles. The molecule has 4 unspecified atom stereocenters. The molecule has 0 aromatic carbocycles. The predicted molar refractivity (Wildman–Crippen MR) is 226 cm³/mol. The summed E-state index contributed by atoms with van der Waals surface area (Å²) in [6.45, 7) is 1.67. The highest BCUT2D eigenvalue weighted by molar-refractivity contribution is 7.47. The molecule has 60 heavy (non-hydrogen) atoms. The Morgan fingerprint density at radius 2 is 0.867 bits per heavy atom. The lowest BCUT2D eigenvalue weighted by Crippen LogP contribution is -2.64. The van der Waals surface area contributed by atoms with Gasteiger partial charge in [-0.2, -0.15) is 0 Å². The van der Waals surface area contributed by atoms with Crippen LogP contribution in [0, 0.1) is 0 Å². The van der Waals surface area contributed by atoms with Gasteiger partial charge in [0.05, 0.1) is 6.61 Å². The molecule has 9 N–H and O–H groups in total. The summed E-state index contributed by atoms with van der Waals surface area (Å²) in [7, 11) is -10.6. The van der Waals surface area contributed by atoms with Crippen molar-refractivity contribution in [2.75, 3.05) is 19.8 Å². The Morgan fingerprint density at radius 1 is 0.517 bits per heavy atom. The lowest BCUT2D eigenvalue weighted by Gasteiger charge is -2.43. The van der Waals surface area contributed by atoms with Gasteiger partial charge in [0.1, 0.15) is 43.2 Å². The summed E-state index contributed by atoms with van der Waals surface area (Å²) in [5.41, 5.74) is 5.53. The van der Waals surface area contributed by atoms with Crippen LogP contribution in [0.3, 0.4) is 0 Å². The lowest BCUT2D eigenvalue weighted by molar-refractivity contribution is -0.216. The fourth-order valence-electron chi connectivity index (χ4n) is 7.22. The molecule has 0 bridgehead atoms. The van der Waals surface area contributed by atoms with Crippen molar-refractivity contribution in [2.24, 2.45) is 5.73 Å². The highest BCUT2D eigenvalue weighted by atomic mass is 31.2. The molecule has 0 saturated heterocycles. The normalized spacial score (nSPS) is 22.4. The number of unbranched alkanes of at least 4 members (excludes halogenated alkanes) is 24. The first kappa shape index (κ1) is 57.0. The summed E-state index contributed by atoms with van der Waals surface area (Å²) in [5.74, 6) is -1.19. The van der Waals surface area contributed by atoms with Gasteiger partial charge in [-0.15, -0.1) is 0 Å². The molecule has 0 aromatic heterocycles. The van der Waals surface area contributed by atoms with E-state index >= 15 is 0 Å². The van der Waals surface area contributed by atoms with E-state index in [1.807, 2.05) is 0 Å². The summed E-state index contributed by atoms with van der Waals surface area (Å²) in [6, 6.07) is 0. The molecule has 1 aliphatic rings. The number of phosphoric ester groups is 2. The molecule has 0 spiro atoms. The third kappa shape index (κ3) is 28.6. The van der Waals surface area contributed by atoms with Gasteiger partial charge in [0.15, 0.2) is 6.10 Å². The molecule has 0 aliphatic heterocycles. The second kappa shape index (κ2) is 34.4. The topological polar surface area (TPSA) is 282 Å². The number of aliphatic hydroxyl groups excluding tert-OH is 4. The molecule has 1 aliphatic carbocycles. The van der Waals surface area contributed by atoms with Crippen molar-refractivity contribution in [3.05, 3.63) is 0 Å². The van der Waals surface area contributed by atoms with Gasteiger partial charge >= 0.3 is 27.6 Å². The SMILES string of the molecule is CCCCCCCCCCCCCCCC(=O)O[C@H](COC(=O)CCCCCCCCCCCCCCCN)COP(=O)(O)OC1C(O)[C@@H](O)C(OP(=O)(O)O)[C@@H](O)[C@H]1O. The summed E-state index contributed by atoms with van der Waals surface area (Å²) in [4.78, 5) is 53.9. The van der Waals surface area contributed by atoms with E-state index in [0.29, 0.717) is 12.8 Å². The maximum atomic E-state index is 12.9. The van der Waals surface area contributed by atoms with E-state index in [1.54, 1.807) is 0 Å². The number of phosphoric acid groups is 2. The Bertz CT molecular complexity index is 1180. The number of hydrogen-bond donors (Lipinski definition) is 8. The summed E-state index contributed by atoms with van der Waals surface area (Å²) in [5, 5.41) is 41.4. The van der Waals surface area contributed by atoms with Crippen molar-refractivity contribution in [1.82, 2.24) is 0 Å². The van der Waals surface area contributed by atoms with E-state index in [2.05, 4.69) is 11.4 Å². The Kier molecular flexibility index (Phi) is 32.6.